The highest BCUT2D eigenvalue weighted by atomic mass is 16.5. The zero-order valence-electron chi connectivity index (χ0n) is 9.62. The molecular weight excluding hydrogens is 206 g/mol. The molecule has 0 bridgehead atoms. The monoisotopic (exact) mass is 223 g/mol. The number of ketones is 1. The zero-order valence-corrected chi connectivity index (χ0v) is 9.62. The van der Waals surface area contributed by atoms with Gasteiger partial charge in [-0.3, -0.25) is 9.59 Å². The number of ether oxygens (including phenoxy) is 1. The number of hydrogen-bond donors (Lipinski definition) is 0. The van der Waals surface area contributed by atoms with Crippen molar-refractivity contribution in [2.45, 2.75) is 45.4 Å². The summed E-state index contributed by atoms with van der Waals surface area (Å²) in [6.45, 7) is 2.02. The van der Waals surface area contributed by atoms with Crippen LogP contribution in [0.25, 0.3) is 0 Å². The van der Waals surface area contributed by atoms with Crippen LogP contribution in [0.1, 0.15) is 45.4 Å². The van der Waals surface area contributed by atoms with Crippen LogP contribution < -0.4 is 0 Å². The lowest BCUT2D eigenvalue weighted by molar-refractivity contribution is -0.145. The van der Waals surface area contributed by atoms with Crippen molar-refractivity contribution in [1.29, 1.82) is 5.26 Å². The second kappa shape index (κ2) is 5.64. The van der Waals surface area contributed by atoms with E-state index in [0.717, 1.165) is 19.3 Å². The molecule has 1 fully saturated rings. The summed E-state index contributed by atoms with van der Waals surface area (Å²) in [6.07, 6.45) is 3.63. The lowest BCUT2D eigenvalue weighted by Crippen LogP contribution is -2.11. The standard InChI is InChI=1S/C12H17NO3/c1-2-16-11(15)8-10(14)4-3-5-12(9-13)6-7-12/h2-8H2,1H3. The number of Topliss-reactive ketones (excluding diaryl/α,β-unsaturated/α-hetero) is 1. The summed E-state index contributed by atoms with van der Waals surface area (Å²) in [7, 11) is 0. The molecule has 1 aliphatic carbocycles. The van der Waals surface area contributed by atoms with E-state index in [1.807, 2.05) is 0 Å². The van der Waals surface area contributed by atoms with Crippen molar-refractivity contribution in [3.8, 4) is 6.07 Å². The molecule has 0 aromatic carbocycles. The van der Waals surface area contributed by atoms with Gasteiger partial charge in [0.15, 0.2) is 0 Å². The minimum absolute atomic E-state index is 0.0906. The fourth-order valence-corrected chi connectivity index (χ4v) is 1.65. The molecule has 0 atom stereocenters. The Kier molecular flexibility index (Phi) is 4.48. The molecule has 0 heterocycles. The number of esters is 1. The van der Waals surface area contributed by atoms with Gasteiger partial charge in [-0.2, -0.15) is 5.26 Å². The Labute approximate surface area is 95.6 Å². The fourth-order valence-electron chi connectivity index (χ4n) is 1.65. The topological polar surface area (TPSA) is 67.2 Å². The molecule has 4 nitrogen and oxygen atoms in total. The highest BCUT2D eigenvalue weighted by Gasteiger charge is 2.42. The van der Waals surface area contributed by atoms with E-state index in [9.17, 15) is 9.59 Å². The number of nitrogens with zero attached hydrogens (tertiary/aromatic N) is 1. The van der Waals surface area contributed by atoms with Gasteiger partial charge in [0.25, 0.3) is 0 Å². The van der Waals surface area contributed by atoms with Crippen molar-refractivity contribution >= 4 is 11.8 Å². The van der Waals surface area contributed by atoms with Gasteiger partial charge < -0.3 is 4.74 Å². The average molecular weight is 223 g/mol. The van der Waals surface area contributed by atoms with Crippen LogP contribution in [0, 0.1) is 16.7 Å². The maximum atomic E-state index is 11.3. The molecule has 1 rings (SSSR count). The number of hydrogen-bond acceptors (Lipinski definition) is 4. The van der Waals surface area contributed by atoms with Crippen LogP contribution in [0.2, 0.25) is 0 Å². The average Bonchev–Trinajstić information content (AvgIpc) is 2.99. The fraction of sp³-hybridized carbons (Fsp3) is 0.750. The Morgan fingerprint density at radius 3 is 2.62 bits per heavy atom. The van der Waals surface area contributed by atoms with Crippen molar-refractivity contribution in [2.75, 3.05) is 6.61 Å². The summed E-state index contributed by atoms with van der Waals surface area (Å²) < 4.78 is 4.68. The Bertz CT molecular complexity index is 313. The Balaban J connectivity index is 2.11. The molecule has 0 spiro atoms. The molecular formula is C12H17NO3. The van der Waals surface area contributed by atoms with Gasteiger partial charge in [-0.05, 0) is 32.6 Å². The summed E-state index contributed by atoms with van der Waals surface area (Å²) in [6, 6.07) is 2.28. The van der Waals surface area contributed by atoms with Crippen LogP contribution in [0.5, 0.6) is 0 Å². The van der Waals surface area contributed by atoms with Crippen LogP contribution in [0.4, 0.5) is 0 Å². The van der Waals surface area contributed by atoms with Crippen molar-refractivity contribution < 1.29 is 14.3 Å². The van der Waals surface area contributed by atoms with Crippen LogP contribution in [-0.2, 0) is 14.3 Å². The third-order valence-electron chi connectivity index (χ3n) is 2.85. The van der Waals surface area contributed by atoms with Gasteiger partial charge in [0.1, 0.15) is 12.2 Å². The van der Waals surface area contributed by atoms with Gasteiger partial charge in [-0.15, -0.1) is 0 Å². The minimum Gasteiger partial charge on any atom is -0.466 e. The van der Waals surface area contributed by atoms with Crippen molar-refractivity contribution in [2.24, 2.45) is 5.41 Å². The molecule has 0 saturated heterocycles. The summed E-state index contributed by atoms with van der Waals surface area (Å²) in [4.78, 5) is 22.3. The Morgan fingerprint density at radius 2 is 2.12 bits per heavy atom. The van der Waals surface area contributed by atoms with Gasteiger partial charge in [0, 0.05) is 6.42 Å². The van der Waals surface area contributed by atoms with Crippen molar-refractivity contribution in [1.82, 2.24) is 0 Å². The molecule has 0 aliphatic heterocycles. The van der Waals surface area contributed by atoms with Crippen LogP contribution in [0.3, 0.4) is 0 Å². The highest BCUT2D eigenvalue weighted by molar-refractivity contribution is 5.95. The van der Waals surface area contributed by atoms with Crippen LogP contribution >= 0.6 is 0 Å². The van der Waals surface area contributed by atoms with Crippen molar-refractivity contribution in [3.05, 3.63) is 0 Å². The van der Waals surface area contributed by atoms with Crippen LogP contribution in [0.15, 0.2) is 0 Å². The van der Waals surface area contributed by atoms with E-state index < -0.39 is 5.97 Å². The first-order valence-corrected chi connectivity index (χ1v) is 5.70. The van der Waals surface area contributed by atoms with E-state index in [4.69, 9.17) is 5.26 Å². The molecule has 1 saturated carbocycles. The first-order chi connectivity index (χ1) is 7.62. The van der Waals surface area contributed by atoms with Gasteiger partial charge in [0.05, 0.1) is 18.1 Å². The number of rotatable bonds is 7. The summed E-state index contributed by atoms with van der Waals surface area (Å²) in [5, 5.41) is 8.83. The molecule has 0 radical (unpaired) electrons. The zero-order chi connectivity index (χ0) is 12.0. The number of carbonyl (C=O) groups is 2. The largest absolute Gasteiger partial charge is 0.466 e. The molecule has 16 heavy (non-hydrogen) atoms. The van der Waals surface area contributed by atoms with E-state index in [2.05, 4.69) is 10.8 Å². The second-order valence-corrected chi connectivity index (χ2v) is 4.27. The van der Waals surface area contributed by atoms with Gasteiger partial charge in [0.2, 0.25) is 0 Å². The summed E-state index contributed by atoms with van der Waals surface area (Å²) >= 11 is 0. The van der Waals surface area contributed by atoms with E-state index in [-0.39, 0.29) is 17.6 Å². The molecule has 1 aliphatic rings. The first-order valence-electron chi connectivity index (χ1n) is 5.70. The van der Waals surface area contributed by atoms with E-state index >= 15 is 0 Å². The molecule has 4 heteroatoms. The number of nitriles is 1. The van der Waals surface area contributed by atoms with Gasteiger partial charge in [-0.1, -0.05) is 0 Å². The lowest BCUT2D eigenvalue weighted by atomic mass is 9.99. The summed E-state index contributed by atoms with van der Waals surface area (Å²) in [5.41, 5.74) is -0.149. The molecule has 88 valence electrons. The Hall–Kier alpha value is -1.37. The number of carbonyl (C=O) groups excluding carboxylic acids is 2. The third-order valence-corrected chi connectivity index (χ3v) is 2.85. The highest BCUT2D eigenvalue weighted by Crippen LogP contribution is 2.49. The van der Waals surface area contributed by atoms with Crippen molar-refractivity contribution in [3.63, 3.8) is 0 Å². The molecule has 0 aromatic heterocycles. The van der Waals surface area contributed by atoms with Gasteiger partial charge >= 0.3 is 5.97 Å². The predicted molar refractivity (Wildman–Crippen MR) is 57.4 cm³/mol. The normalized spacial score (nSPS) is 16.2. The predicted octanol–water partition coefficient (Wildman–Crippen LogP) is 1.98. The van der Waals surface area contributed by atoms with E-state index in [1.54, 1.807) is 6.92 Å². The summed E-state index contributed by atoms with van der Waals surface area (Å²) in [5.74, 6) is -0.541. The van der Waals surface area contributed by atoms with E-state index in [0.29, 0.717) is 19.4 Å². The molecule has 0 N–H and O–H groups in total. The molecule has 0 unspecified atom stereocenters. The lowest BCUT2D eigenvalue weighted by Gasteiger charge is -2.04. The Morgan fingerprint density at radius 1 is 1.44 bits per heavy atom. The first kappa shape index (κ1) is 12.7. The van der Waals surface area contributed by atoms with Gasteiger partial charge in [-0.25, -0.2) is 0 Å². The minimum atomic E-state index is -0.450. The van der Waals surface area contributed by atoms with E-state index in [1.165, 1.54) is 0 Å². The quantitative estimate of drug-likeness (QED) is 0.489. The molecule has 0 aromatic rings. The smallest absolute Gasteiger partial charge is 0.313 e. The molecule has 0 amide bonds. The maximum absolute atomic E-state index is 11.3. The maximum Gasteiger partial charge on any atom is 0.313 e. The van der Waals surface area contributed by atoms with Crippen LogP contribution in [-0.4, -0.2) is 18.4 Å². The second-order valence-electron chi connectivity index (χ2n) is 4.27. The third kappa shape index (κ3) is 4.01. The SMILES string of the molecule is CCOC(=O)CC(=O)CCCC1(C#N)CC1.